The first kappa shape index (κ1) is 14.0. The minimum Gasteiger partial charge on any atom is -0.0984 e. The molecular weight excluding hydrogens is 276 g/mol. The molecule has 0 bridgehead atoms. The van der Waals surface area contributed by atoms with Crippen molar-refractivity contribution in [2.45, 2.75) is 19.3 Å². The van der Waals surface area contributed by atoms with Crippen LogP contribution < -0.4 is 0 Å². The van der Waals surface area contributed by atoms with Crippen LogP contribution >= 0.6 is 0 Å². The van der Waals surface area contributed by atoms with Crippen LogP contribution in [0.15, 0.2) is 85.0 Å². The molecule has 0 aromatic heterocycles. The number of benzene rings is 2. The average molecular weight is 296 g/mol. The lowest BCUT2D eigenvalue weighted by molar-refractivity contribution is 0.741. The maximum absolute atomic E-state index is 4.07. The van der Waals surface area contributed by atoms with E-state index in [0.29, 0.717) is 0 Å². The van der Waals surface area contributed by atoms with Crippen LogP contribution in [0, 0.1) is 0 Å². The van der Waals surface area contributed by atoms with E-state index in [9.17, 15) is 0 Å². The van der Waals surface area contributed by atoms with Gasteiger partial charge >= 0.3 is 0 Å². The van der Waals surface area contributed by atoms with E-state index in [-0.39, 0.29) is 5.41 Å². The highest BCUT2D eigenvalue weighted by atomic mass is 14.5. The summed E-state index contributed by atoms with van der Waals surface area (Å²) < 4.78 is 0. The van der Waals surface area contributed by atoms with Gasteiger partial charge in [-0.3, -0.25) is 0 Å². The molecule has 0 N–H and O–H groups in total. The molecule has 0 heterocycles. The van der Waals surface area contributed by atoms with E-state index in [4.69, 9.17) is 0 Å². The molecular formula is C23H20. The van der Waals surface area contributed by atoms with Crippen molar-refractivity contribution in [1.82, 2.24) is 0 Å². The number of hydrogen-bond donors (Lipinski definition) is 0. The monoisotopic (exact) mass is 296 g/mol. The third-order valence-corrected chi connectivity index (χ3v) is 5.58. The van der Waals surface area contributed by atoms with E-state index in [0.717, 1.165) is 0 Å². The Kier molecular flexibility index (Phi) is 2.86. The van der Waals surface area contributed by atoms with Gasteiger partial charge in [0.05, 0.1) is 5.41 Å². The number of rotatable bonds is 2. The van der Waals surface area contributed by atoms with Crippen molar-refractivity contribution in [3.05, 3.63) is 107 Å². The summed E-state index contributed by atoms with van der Waals surface area (Å²) >= 11 is 0. The van der Waals surface area contributed by atoms with Gasteiger partial charge in [-0.1, -0.05) is 73.8 Å². The molecule has 23 heavy (non-hydrogen) atoms. The molecule has 0 saturated carbocycles. The molecule has 2 aromatic rings. The summed E-state index contributed by atoms with van der Waals surface area (Å²) in [5.41, 5.74) is 10.5. The van der Waals surface area contributed by atoms with Crippen LogP contribution in [0.3, 0.4) is 0 Å². The molecule has 0 fully saturated rings. The quantitative estimate of drug-likeness (QED) is 0.645. The van der Waals surface area contributed by atoms with Gasteiger partial charge in [-0.25, -0.2) is 0 Å². The largest absolute Gasteiger partial charge is 0.0984 e. The van der Waals surface area contributed by atoms with Gasteiger partial charge in [-0.2, -0.15) is 0 Å². The lowest BCUT2D eigenvalue weighted by Gasteiger charge is -2.32. The Morgan fingerprint density at radius 3 is 1.48 bits per heavy atom. The summed E-state index contributed by atoms with van der Waals surface area (Å²) in [6.07, 6.45) is 4.01. The normalized spacial score (nSPS) is 17.5. The first-order valence-electron chi connectivity index (χ1n) is 8.05. The lowest BCUT2D eigenvalue weighted by Crippen LogP contribution is -2.26. The average Bonchev–Trinajstić information content (AvgIpc) is 2.99. The van der Waals surface area contributed by atoms with Crippen molar-refractivity contribution >= 4 is 11.1 Å². The highest BCUT2D eigenvalue weighted by Gasteiger charge is 2.49. The van der Waals surface area contributed by atoms with E-state index < -0.39 is 0 Å². The van der Waals surface area contributed by atoms with Gasteiger partial charge in [0.15, 0.2) is 0 Å². The lowest BCUT2D eigenvalue weighted by atomic mass is 9.70. The molecule has 0 aliphatic heterocycles. The molecule has 0 radical (unpaired) electrons. The highest BCUT2D eigenvalue weighted by Crippen LogP contribution is 2.60. The molecule has 0 saturated heterocycles. The van der Waals surface area contributed by atoms with Crippen molar-refractivity contribution in [2.75, 3.05) is 0 Å². The van der Waals surface area contributed by atoms with Crippen molar-refractivity contribution < 1.29 is 0 Å². The summed E-state index contributed by atoms with van der Waals surface area (Å²) in [5, 5.41) is 0. The van der Waals surface area contributed by atoms with E-state index in [1.807, 2.05) is 12.2 Å². The van der Waals surface area contributed by atoms with Gasteiger partial charge < -0.3 is 0 Å². The zero-order valence-corrected chi connectivity index (χ0v) is 13.7. The summed E-state index contributed by atoms with van der Waals surface area (Å²) in [5.74, 6) is 0. The van der Waals surface area contributed by atoms with Crippen molar-refractivity contribution in [3.63, 3.8) is 0 Å². The Bertz CT molecular complexity index is 841. The second-order valence-electron chi connectivity index (χ2n) is 6.33. The Morgan fingerprint density at radius 1 is 0.696 bits per heavy atom. The van der Waals surface area contributed by atoms with Gasteiger partial charge in [0.2, 0.25) is 0 Å². The molecule has 112 valence electrons. The van der Waals surface area contributed by atoms with Crippen LogP contribution in [0.5, 0.6) is 0 Å². The molecule has 0 atom stereocenters. The molecule has 1 spiro atoms. The summed E-state index contributed by atoms with van der Waals surface area (Å²) in [4.78, 5) is 0. The third-order valence-electron chi connectivity index (χ3n) is 5.58. The Hall–Kier alpha value is -2.60. The first-order valence-corrected chi connectivity index (χ1v) is 8.05. The van der Waals surface area contributed by atoms with Gasteiger partial charge in [-0.15, -0.1) is 0 Å². The fraction of sp³-hybridized carbons (Fsp3) is 0.130. The molecule has 0 nitrogen and oxygen atoms in total. The third kappa shape index (κ3) is 1.46. The maximum atomic E-state index is 4.07. The molecule has 0 unspecified atom stereocenters. The number of fused-ring (bicyclic) bond motifs is 4. The predicted molar refractivity (Wildman–Crippen MR) is 99.2 cm³/mol. The second-order valence-corrected chi connectivity index (χ2v) is 6.33. The minimum absolute atomic E-state index is 0.166. The maximum Gasteiger partial charge on any atom is 0.0645 e. The highest BCUT2D eigenvalue weighted by molar-refractivity contribution is 5.97. The summed E-state index contributed by atoms with van der Waals surface area (Å²) in [7, 11) is 0. The second kappa shape index (κ2) is 4.70. The molecule has 0 amide bonds. The Balaban J connectivity index is 2.21. The predicted octanol–water partition coefficient (Wildman–Crippen LogP) is 5.92. The van der Waals surface area contributed by atoms with Crippen LogP contribution in [0.1, 0.15) is 36.1 Å². The summed E-state index contributed by atoms with van der Waals surface area (Å²) in [6, 6.07) is 17.5. The van der Waals surface area contributed by atoms with E-state index in [1.165, 1.54) is 44.5 Å². The zero-order valence-electron chi connectivity index (χ0n) is 13.7. The van der Waals surface area contributed by atoms with Crippen molar-refractivity contribution in [1.29, 1.82) is 0 Å². The van der Waals surface area contributed by atoms with E-state index in [1.54, 1.807) is 0 Å². The zero-order chi connectivity index (χ0) is 16.2. The van der Waals surface area contributed by atoms with E-state index >= 15 is 0 Å². The minimum atomic E-state index is -0.166. The van der Waals surface area contributed by atoms with Crippen molar-refractivity contribution in [2.24, 2.45) is 0 Å². The van der Waals surface area contributed by atoms with Gasteiger partial charge in [0.25, 0.3) is 0 Å². The Labute approximate surface area is 138 Å². The fourth-order valence-corrected chi connectivity index (χ4v) is 4.66. The standard InChI is InChI=1S/C23H20/c1-5-17-15(3)23(21-13-9-7-11-19(17)21)16(4)18(6-2)20-12-8-10-14-22(20)23/h5-14H,1-2H2,3-4H3. The van der Waals surface area contributed by atoms with Gasteiger partial charge in [0.1, 0.15) is 0 Å². The molecule has 0 heteroatoms. The molecule has 2 aliphatic carbocycles. The van der Waals surface area contributed by atoms with Crippen molar-refractivity contribution in [3.8, 4) is 0 Å². The molecule has 4 rings (SSSR count). The number of hydrogen-bond acceptors (Lipinski definition) is 0. The Morgan fingerprint density at radius 2 is 1.09 bits per heavy atom. The van der Waals surface area contributed by atoms with Crippen LogP contribution in [0.4, 0.5) is 0 Å². The van der Waals surface area contributed by atoms with Gasteiger partial charge in [-0.05, 0) is 58.4 Å². The smallest absolute Gasteiger partial charge is 0.0645 e. The topological polar surface area (TPSA) is 0 Å². The van der Waals surface area contributed by atoms with Crippen LogP contribution in [0.25, 0.3) is 11.1 Å². The first-order chi connectivity index (χ1) is 11.2. The van der Waals surface area contributed by atoms with Crippen LogP contribution in [0.2, 0.25) is 0 Å². The van der Waals surface area contributed by atoms with Crippen LogP contribution in [-0.4, -0.2) is 0 Å². The van der Waals surface area contributed by atoms with E-state index in [2.05, 4.69) is 75.5 Å². The molecule has 2 aliphatic rings. The number of allylic oxidation sites excluding steroid dienone is 6. The van der Waals surface area contributed by atoms with Crippen LogP contribution in [-0.2, 0) is 5.41 Å². The molecule has 2 aromatic carbocycles. The van der Waals surface area contributed by atoms with Gasteiger partial charge in [0, 0.05) is 0 Å². The SMILES string of the molecule is C=CC1=C(C)C2(C(C)=C(C=C)c3ccccc32)c2ccccc21. The summed E-state index contributed by atoms with van der Waals surface area (Å²) in [6.45, 7) is 12.7. The fourth-order valence-electron chi connectivity index (χ4n) is 4.66.